The van der Waals surface area contributed by atoms with Crippen molar-refractivity contribution in [3.05, 3.63) is 16.3 Å². The standard InChI is InChI=1S/C9H15N5O2/c1-4-6(2)12-8-7(14(15)16)5-11-9(10-3)13-8/h5-6H,4H2,1-3H3,(H2,10,11,12,13). The Labute approximate surface area is 93.4 Å². The lowest BCUT2D eigenvalue weighted by molar-refractivity contribution is -0.384. The van der Waals surface area contributed by atoms with Crippen molar-refractivity contribution >= 4 is 17.5 Å². The smallest absolute Gasteiger partial charge is 0.329 e. The van der Waals surface area contributed by atoms with Crippen LogP contribution in [0.3, 0.4) is 0 Å². The summed E-state index contributed by atoms with van der Waals surface area (Å²) in [7, 11) is 1.66. The molecule has 0 aliphatic heterocycles. The van der Waals surface area contributed by atoms with Crippen LogP contribution in [0.4, 0.5) is 17.5 Å². The van der Waals surface area contributed by atoms with Crippen LogP contribution in [0.2, 0.25) is 0 Å². The monoisotopic (exact) mass is 225 g/mol. The number of anilines is 2. The molecule has 7 nitrogen and oxygen atoms in total. The number of nitrogens with one attached hydrogen (secondary N) is 2. The zero-order chi connectivity index (χ0) is 12.1. The topological polar surface area (TPSA) is 93.0 Å². The minimum absolute atomic E-state index is 0.112. The zero-order valence-electron chi connectivity index (χ0n) is 9.52. The molecule has 1 unspecified atom stereocenters. The third-order valence-corrected chi connectivity index (χ3v) is 2.19. The van der Waals surface area contributed by atoms with Crippen LogP contribution < -0.4 is 10.6 Å². The predicted molar refractivity (Wildman–Crippen MR) is 61.6 cm³/mol. The van der Waals surface area contributed by atoms with Crippen LogP contribution in [-0.2, 0) is 0 Å². The van der Waals surface area contributed by atoms with Gasteiger partial charge in [-0.1, -0.05) is 6.92 Å². The molecule has 1 atom stereocenters. The molecule has 0 aliphatic rings. The van der Waals surface area contributed by atoms with Crippen molar-refractivity contribution in [1.29, 1.82) is 0 Å². The van der Waals surface area contributed by atoms with E-state index in [9.17, 15) is 10.1 Å². The fourth-order valence-electron chi connectivity index (χ4n) is 1.07. The second-order valence-electron chi connectivity index (χ2n) is 3.39. The molecule has 16 heavy (non-hydrogen) atoms. The molecule has 0 bridgehead atoms. The summed E-state index contributed by atoms with van der Waals surface area (Å²) in [6.07, 6.45) is 2.06. The molecule has 0 aromatic carbocycles. The summed E-state index contributed by atoms with van der Waals surface area (Å²) in [5.41, 5.74) is -0.112. The molecule has 0 spiro atoms. The van der Waals surface area contributed by atoms with Crippen molar-refractivity contribution in [2.24, 2.45) is 0 Å². The van der Waals surface area contributed by atoms with Gasteiger partial charge in [0.25, 0.3) is 0 Å². The van der Waals surface area contributed by atoms with Gasteiger partial charge in [0.2, 0.25) is 11.8 Å². The molecule has 1 rings (SSSR count). The first-order chi connectivity index (χ1) is 7.58. The number of nitrogens with zero attached hydrogens (tertiary/aromatic N) is 3. The molecule has 0 amide bonds. The van der Waals surface area contributed by atoms with Crippen molar-refractivity contribution in [3.63, 3.8) is 0 Å². The molecule has 1 aromatic rings. The third-order valence-electron chi connectivity index (χ3n) is 2.19. The average Bonchev–Trinajstić information content (AvgIpc) is 2.28. The van der Waals surface area contributed by atoms with Crippen LogP contribution in [0.15, 0.2) is 6.20 Å². The molecule has 1 aromatic heterocycles. The highest BCUT2D eigenvalue weighted by atomic mass is 16.6. The van der Waals surface area contributed by atoms with Gasteiger partial charge in [-0.25, -0.2) is 4.98 Å². The lowest BCUT2D eigenvalue weighted by Gasteiger charge is -2.12. The number of hydrogen-bond donors (Lipinski definition) is 2. The van der Waals surface area contributed by atoms with Gasteiger partial charge < -0.3 is 10.6 Å². The molecule has 0 saturated carbocycles. The summed E-state index contributed by atoms with van der Waals surface area (Å²) in [6, 6.07) is 0.123. The molecule has 0 fully saturated rings. The molecule has 0 radical (unpaired) electrons. The SMILES string of the molecule is CCC(C)Nc1nc(NC)ncc1[N+](=O)[O-]. The molecule has 0 saturated heterocycles. The third kappa shape index (κ3) is 2.78. The molecule has 1 heterocycles. The van der Waals surface area contributed by atoms with E-state index < -0.39 is 4.92 Å². The minimum atomic E-state index is -0.496. The Bertz CT molecular complexity index is 382. The Kier molecular flexibility index (Phi) is 3.98. The average molecular weight is 225 g/mol. The van der Waals surface area contributed by atoms with Crippen molar-refractivity contribution in [3.8, 4) is 0 Å². The molecule has 0 aliphatic carbocycles. The Hall–Kier alpha value is -1.92. The van der Waals surface area contributed by atoms with Gasteiger partial charge in [0.05, 0.1) is 4.92 Å². The van der Waals surface area contributed by atoms with E-state index in [4.69, 9.17) is 0 Å². The summed E-state index contributed by atoms with van der Waals surface area (Å²) in [6.45, 7) is 3.93. The molecular formula is C9H15N5O2. The van der Waals surface area contributed by atoms with Gasteiger partial charge in [-0.2, -0.15) is 4.98 Å². The van der Waals surface area contributed by atoms with Crippen LogP contribution in [0.25, 0.3) is 0 Å². The van der Waals surface area contributed by atoms with Crippen molar-refractivity contribution in [2.75, 3.05) is 17.7 Å². The predicted octanol–water partition coefficient (Wildman–Crippen LogP) is 1.64. The zero-order valence-corrected chi connectivity index (χ0v) is 9.52. The fourth-order valence-corrected chi connectivity index (χ4v) is 1.07. The summed E-state index contributed by atoms with van der Waals surface area (Å²) in [4.78, 5) is 18.1. The molecular weight excluding hydrogens is 210 g/mol. The normalized spacial score (nSPS) is 11.9. The molecule has 7 heteroatoms. The second-order valence-corrected chi connectivity index (χ2v) is 3.39. The fraction of sp³-hybridized carbons (Fsp3) is 0.556. The lowest BCUT2D eigenvalue weighted by atomic mass is 10.2. The highest BCUT2D eigenvalue weighted by Crippen LogP contribution is 2.22. The van der Waals surface area contributed by atoms with Crippen LogP contribution in [0.1, 0.15) is 20.3 Å². The summed E-state index contributed by atoms with van der Waals surface area (Å²) in [5, 5.41) is 16.5. The van der Waals surface area contributed by atoms with Gasteiger partial charge in [-0.15, -0.1) is 0 Å². The largest absolute Gasteiger partial charge is 0.362 e. The second kappa shape index (κ2) is 5.24. The van der Waals surface area contributed by atoms with Gasteiger partial charge >= 0.3 is 5.69 Å². The van der Waals surface area contributed by atoms with Crippen LogP contribution in [0.5, 0.6) is 0 Å². The van der Waals surface area contributed by atoms with E-state index in [0.717, 1.165) is 6.42 Å². The van der Waals surface area contributed by atoms with E-state index in [2.05, 4.69) is 20.6 Å². The number of rotatable bonds is 5. The Morgan fingerprint density at radius 3 is 2.81 bits per heavy atom. The first-order valence-corrected chi connectivity index (χ1v) is 5.04. The summed E-state index contributed by atoms with van der Waals surface area (Å²) in [5.74, 6) is 0.607. The van der Waals surface area contributed by atoms with Gasteiger partial charge in [0.1, 0.15) is 6.20 Å². The van der Waals surface area contributed by atoms with Gasteiger partial charge in [-0.3, -0.25) is 10.1 Å². The maximum Gasteiger partial charge on any atom is 0.329 e. The van der Waals surface area contributed by atoms with Gasteiger partial charge in [0.15, 0.2) is 0 Å². The number of hydrogen-bond acceptors (Lipinski definition) is 6. The van der Waals surface area contributed by atoms with Crippen molar-refractivity contribution < 1.29 is 4.92 Å². The van der Waals surface area contributed by atoms with E-state index in [1.54, 1.807) is 7.05 Å². The van der Waals surface area contributed by atoms with Crippen LogP contribution in [-0.4, -0.2) is 28.0 Å². The first kappa shape index (κ1) is 12.2. The lowest BCUT2D eigenvalue weighted by Crippen LogP contribution is -2.16. The van der Waals surface area contributed by atoms with E-state index in [-0.39, 0.29) is 17.5 Å². The highest BCUT2D eigenvalue weighted by molar-refractivity contribution is 5.57. The number of nitro groups is 1. The van der Waals surface area contributed by atoms with E-state index in [0.29, 0.717) is 5.95 Å². The number of aromatic nitrogens is 2. The Morgan fingerprint density at radius 1 is 1.62 bits per heavy atom. The Balaban J connectivity index is 3.05. The minimum Gasteiger partial charge on any atom is -0.362 e. The Morgan fingerprint density at radius 2 is 2.31 bits per heavy atom. The molecule has 88 valence electrons. The van der Waals surface area contributed by atoms with Crippen molar-refractivity contribution in [1.82, 2.24) is 9.97 Å². The van der Waals surface area contributed by atoms with Gasteiger partial charge in [-0.05, 0) is 13.3 Å². The van der Waals surface area contributed by atoms with Gasteiger partial charge in [0, 0.05) is 13.1 Å². The quantitative estimate of drug-likeness (QED) is 0.584. The summed E-state index contributed by atoms with van der Waals surface area (Å²) >= 11 is 0. The van der Waals surface area contributed by atoms with E-state index >= 15 is 0 Å². The first-order valence-electron chi connectivity index (χ1n) is 5.04. The van der Waals surface area contributed by atoms with Crippen LogP contribution >= 0.6 is 0 Å². The van der Waals surface area contributed by atoms with Crippen molar-refractivity contribution in [2.45, 2.75) is 26.3 Å². The maximum absolute atomic E-state index is 10.8. The molecule has 2 N–H and O–H groups in total. The van der Waals surface area contributed by atoms with E-state index in [1.807, 2.05) is 13.8 Å². The maximum atomic E-state index is 10.8. The highest BCUT2D eigenvalue weighted by Gasteiger charge is 2.17. The van der Waals surface area contributed by atoms with E-state index in [1.165, 1.54) is 6.20 Å². The van der Waals surface area contributed by atoms with Crippen LogP contribution in [0, 0.1) is 10.1 Å². The summed E-state index contributed by atoms with van der Waals surface area (Å²) < 4.78 is 0.